The highest BCUT2D eigenvalue weighted by molar-refractivity contribution is 6.30. The number of nitrogens with one attached hydrogen (secondary N) is 2. The smallest absolute Gasteiger partial charge is 0.274 e. The minimum atomic E-state index is -0.642. The first-order chi connectivity index (χ1) is 14.0. The summed E-state index contributed by atoms with van der Waals surface area (Å²) in [7, 11) is 1.71. The molecule has 0 aromatic carbocycles. The third kappa shape index (κ3) is 3.64. The molecule has 0 radical (unpaired) electrons. The predicted octanol–water partition coefficient (Wildman–Crippen LogP) is 1.78. The lowest BCUT2D eigenvalue weighted by molar-refractivity contribution is 0.0687. The van der Waals surface area contributed by atoms with E-state index in [0.717, 1.165) is 12.8 Å². The number of fused-ring (bicyclic) bond motifs is 1. The summed E-state index contributed by atoms with van der Waals surface area (Å²) < 4.78 is 8.48. The fourth-order valence-corrected chi connectivity index (χ4v) is 3.62. The van der Waals surface area contributed by atoms with Crippen LogP contribution >= 0.6 is 11.6 Å². The number of nitrogens with two attached hydrogens (primary N) is 1. The number of pyridine rings is 1. The zero-order chi connectivity index (χ0) is 20.5. The molecule has 0 unspecified atom stereocenters. The van der Waals surface area contributed by atoms with Gasteiger partial charge in [-0.3, -0.25) is 9.59 Å². The second-order valence-corrected chi connectivity index (χ2v) is 7.12. The lowest BCUT2D eigenvalue weighted by Crippen LogP contribution is -2.30. The number of hydrogen-bond donors (Lipinski definition) is 3. The van der Waals surface area contributed by atoms with Crippen LogP contribution in [0.2, 0.25) is 5.02 Å². The van der Waals surface area contributed by atoms with Gasteiger partial charge in [-0.2, -0.15) is 9.61 Å². The van der Waals surface area contributed by atoms with Crippen LogP contribution in [0.1, 0.15) is 29.2 Å². The Labute approximate surface area is 170 Å². The Kier molecular flexibility index (Phi) is 5.12. The van der Waals surface area contributed by atoms with Crippen molar-refractivity contribution in [3.8, 4) is 0 Å². The van der Waals surface area contributed by atoms with Gasteiger partial charge < -0.3 is 25.7 Å². The van der Waals surface area contributed by atoms with Gasteiger partial charge >= 0.3 is 0 Å². The second kappa shape index (κ2) is 7.72. The van der Waals surface area contributed by atoms with Crippen LogP contribution in [-0.4, -0.2) is 45.3 Å². The molecule has 1 fully saturated rings. The zero-order valence-corrected chi connectivity index (χ0v) is 16.4. The Bertz CT molecular complexity index is 1130. The standard InChI is InChI=1S/C18H20ClN7O3/c1-21-15-7-14(24-17-12(16(20)27)8-22-26(15)17)23-13-6-10(19)9-25(18(13)28)11-2-4-29-5-3-11/h6-9,11,21H,2-5H2,1H3,(H2,20,27)(H,23,24). The molecule has 1 saturated heterocycles. The predicted molar refractivity (Wildman–Crippen MR) is 109 cm³/mol. The number of halogens is 1. The van der Waals surface area contributed by atoms with E-state index in [1.807, 2.05) is 0 Å². The number of carbonyl (C=O) groups is 1. The van der Waals surface area contributed by atoms with Crippen LogP contribution in [0.25, 0.3) is 5.65 Å². The maximum absolute atomic E-state index is 13.0. The fraction of sp³-hybridized carbons (Fsp3) is 0.333. The summed E-state index contributed by atoms with van der Waals surface area (Å²) in [6, 6.07) is 3.25. The van der Waals surface area contributed by atoms with E-state index in [-0.39, 0.29) is 28.5 Å². The fourth-order valence-electron chi connectivity index (χ4n) is 3.41. The maximum atomic E-state index is 13.0. The molecule has 1 aliphatic heterocycles. The van der Waals surface area contributed by atoms with E-state index in [0.29, 0.717) is 29.9 Å². The molecule has 3 aromatic rings. The molecule has 0 atom stereocenters. The highest BCUT2D eigenvalue weighted by Crippen LogP contribution is 2.25. The summed E-state index contributed by atoms with van der Waals surface area (Å²) in [5, 5.41) is 10.6. The van der Waals surface area contributed by atoms with Crippen molar-refractivity contribution in [3.63, 3.8) is 0 Å². The lowest BCUT2D eigenvalue weighted by atomic mass is 10.1. The summed E-state index contributed by atoms with van der Waals surface area (Å²) in [4.78, 5) is 29.1. The van der Waals surface area contributed by atoms with Gasteiger partial charge in [-0.05, 0) is 18.9 Å². The SMILES string of the molecule is CNc1cc(Nc2cc(Cl)cn(C3CCOCC3)c2=O)nc2c(C(N)=O)cnn12. The Balaban J connectivity index is 1.76. The van der Waals surface area contributed by atoms with Crippen LogP contribution in [0.15, 0.2) is 29.3 Å². The number of carbonyl (C=O) groups excluding carboxylic acids is 1. The minimum absolute atomic E-state index is 0.0232. The third-order valence-corrected chi connectivity index (χ3v) is 5.06. The molecule has 29 heavy (non-hydrogen) atoms. The Morgan fingerprint density at radius 1 is 1.34 bits per heavy atom. The number of amides is 1. The van der Waals surface area contributed by atoms with Gasteiger partial charge in [0.2, 0.25) is 0 Å². The van der Waals surface area contributed by atoms with Crippen LogP contribution in [0.4, 0.5) is 17.3 Å². The van der Waals surface area contributed by atoms with Gasteiger partial charge in [0.1, 0.15) is 22.9 Å². The normalized spacial score (nSPS) is 14.8. The number of ether oxygens (including phenoxy) is 1. The molecule has 0 saturated carbocycles. The van der Waals surface area contributed by atoms with Crippen molar-refractivity contribution in [3.05, 3.63) is 45.5 Å². The number of anilines is 3. The van der Waals surface area contributed by atoms with Crippen molar-refractivity contribution < 1.29 is 9.53 Å². The van der Waals surface area contributed by atoms with E-state index in [4.69, 9.17) is 22.1 Å². The van der Waals surface area contributed by atoms with E-state index in [1.54, 1.807) is 29.9 Å². The Hall–Kier alpha value is -3.11. The van der Waals surface area contributed by atoms with Gasteiger partial charge in [0.25, 0.3) is 11.5 Å². The molecule has 0 spiro atoms. The first-order valence-electron chi connectivity index (χ1n) is 9.10. The Morgan fingerprint density at radius 2 is 2.10 bits per heavy atom. The minimum Gasteiger partial charge on any atom is -0.381 e. The summed E-state index contributed by atoms with van der Waals surface area (Å²) in [5.74, 6) is 0.274. The summed E-state index contributed by atoms with van der Waals surface area (Å²) in [5.41, 5.74) is 5.93. The highest BCUT2D eigenvalue weighted by Gasteiger charge is 2.20. The maximum Gasteiger partial charge on any atom is 0.274 e. The summed E-state index contributed by atoms with van der Waals surface area (Å²) in [6.45, 7) is 1.21. The first-order valence-corrected chi connectivity index (χ1v) is 9.48. The van der Waals surface area contributed by atoms with E-state index in [9.17, 15) is 9.59 Å². The molecule has 152 valence electrons. The summed E-state index contributed by atoms with van der Waals surface area (Å²) in [6.07, 6.45) is 4.48. The van der Waals surface area contributed by atoms with Gasteiger partial charge in [0, 0.05) is 38.6 Å². The van der Waals surface area contributed by atoms with Gasteiger partial charge in [-0.25, -0.2) is 4.98 Å². The van der Waals surface area contributed by atoms with Gasteiger partial charge in [-0.1, -0.05) is 11.6 Å². The molecule has 3 aromatic heterocycles. The van der Waals surface area contributed by atoms with E-state index in [2.05, 4.69) is 20.7 Å². The molecular formula is C18H20ClN7O3. The molecular weight excluding hydrogens is 398 g/mol. The largest absolute Gasteiger partial charge is 0.381 e. The van der Waals surface area contributed by atoms with Gasteiger partial charge in [0.05, 0.1) is 11.2 Å². The average Bonchev–Trinajstić information content (AvgIpc) is 3.15. The van der Waals surface area contributed by atoms with Gasteiger partial charge in [0.15, 0.2) is 5.65 Å². The van der Waals surface area contributed by atoms with E-state index < -0.39 is 5.91 Å². The van der Waals surface area contributed by atoms with Crippen LogP contribution < -0.4 is 21.9 Å². The number of hydrogen-bond acceptors (Lipinski definition) is 7. The monoisotopic (exact) mass is 417 g/mol. The third-order valence-electron chi connectivity index (χ3n) is 4.85. The molecule has 0 bridgehead atoms. The van der Waals surface area contributed by atoms with Crippen LogP contribution in [0.5, 0.6) is 0 Å². The van der Waals surface area contributed by atoms with Crippen molar-refractivity contribution in [2.75, 3.05) is 30.9 Å². The number of nitrogens with zero attached hydrogens (tertiary/aromatic N) is 4. The lowest BCUT2D eigenvalue weighted by Gasteiger charge is -2.25. The quantitative estimate of drug-likeness (QED) is 0.577. The Morgan fingerprint density at radius 3 is 2.79 bits per heavy atom. The highest BCUT2D eigenvalue weighted by atomic mass is 35.5. The molecule has 4 N–H and O–H groups in total. The molecule has 1 aliphatic rings. The van der Waals surface area contributed by atoms with E-state index >= 15 is 0 Å². The molecule has 1 amide bonds. The van der Waals surface area contributed by atoms with Crippen LogP contribution in [0.3, 0.4) is 0 Å². The second-order valence-electron chi connectivity index (χ2n) is 6.69. The number of rotatable bonds is 5. The molecule has 4 heterocycles. The van der Waals surface area contributed by atoms with Crippen molar-refractivity contribution in [2.24, 2.45) is 5.73 Å². The zero-order valence-electron chi connectivity index (χ0n) is 15.7. The van der Waals surface area contributed by atoms with Crippen LogP contribution in [0, 0.1) is 0 Å². The summed E-state index contributed by atoms with van der Waals surface area (Å²) >= 11 is 6.27. The molecule has 0 aliphatic carbocycles. The number of aromatic nitrogens is 4. The van der Waals surface area contributed by atoms with Crippen LogP contribution in [-0.2, 0) is 4.74 Å². The topological polar surface area (TPSA) is 129 Å². The van der Waals surface area contributed by atoms with Crippen molar-refractivity contribution >= 4 is 40.5 Å². The molecule has 10 nitrogen and oxygen atoms in total. The van der Waals surface area contributed by atoms with E-state index in [1.165, 1.54) is 10.7 Å². The van der Waals surface area contributed by atoms with Crippen molar-refractivity contribution in [2.45, 2.75) is 18.9 Å². The van der Waals surface area contributed by atoms with Crippen molar-refractivity contribution in [1.82, 2.24) is 19.2 Å². The molecule has 11 heteroatoms. The first kappa shape index (κ1) is 19.2. The number of primary amides is 1. The molecule has 4 rings (SSSR count). The average molecular weight is 418 g/mol. The van der Waals surface area contributed by atoms with Gasteiger partial charge in [-0.15, -0.1) is 0 Å². The van der Waals surface area contributed by atoms with Crippen molar-refractivity contribution in [1.29, 1.82) is 0 Å².